The van der Waals surface area contributed by atoms with Gasteiger partial charge in [-0.1, -0.05) is 0 Å². The standard InChI is InChI=1S/C17H30N8O8/c18-7-12(27)23-8(2-1-5-22-17(20)21)14(30)24-9(3-4-11(19)26)15(31)25-10(16(32)33)6-13(28)29/h8-10H,1-7,18H2,(H2,19,26)(H,23,27)(H,24,30)(H,25,31)(H,28,29)(H,32,33)(H4,20,21,22). The van der Waals surface area contributed by atoms with Crippen molar-refractivity contribution in [2.45, 2.75) is 50.2 Å². The Balaban J connectivity index is 5.47. The molecular formula is C17H30N8O8. The number of hydrogen-bond donors (Lipinski definition) is 9. The summed E-state index contributed by atoms with van der Waals surface area (Å²) >= 11 is 0. The van der Waals surface area contributed by atoms with Gasteiger partial charge >= 0.3 is 11.9 Å². The molecule has 4 amide bonds. The van der Waals surface area contributed by atoms with Gasteiger partial charge in [0.05, 0.1) is 13.0 Å². The molecule has 0 aromatic rings. The minimum atomic E-state index is -1.78. The molecule has 13 N–H and O–H groups in total. The van der Waals surface area contributed by atoms with Crippen molar-refractivity contribution in [2.75, 3.05) is 13.1 Å². The minimum Gasteiger partial charge on any atom is -0.481 e. The van der Waals surface area contributed by atoms with Gasteiger partial charge in [0, 0.05) is 13.0 Å². The third-order valence-electron chi connectivity index (χ3n) is 4.09. The van der Waals surface area contributed by atoms with Crippen LogP contribution in [0, 0.1) is 0 Å². The number of carboxylic acids is 2. The molecule has 0 aromatic heterocycles. The van der Waals surface area contributed by atoms with Crippen LogP contribution in [0.4, 0.5) is 0 Å². The Labute approximate surface area is 188 Å². The zero-order valence-corrected chi connectivity index (χ0v) is 17.8. The van der Waals surface area contributed by atoms with Gasteiger partial charge in [0.15, 0.2) is 5.96 Å². The molecule has 3 unspecified atom stereocenters. The molecule has 0 aliphatic carbocycles. The van der Waals surface area contributed by atoms with Gasteiger partial charge in [0.2, 0.25) is 23.6 Å². The lowest BCUT2D eigenvalue weighted by molar-refractivity contribution is -0.147. The number of carbonyl (C=O) groups excluding carboxylic acids is 4. The molecule has 16 heteroatoms. The summed E-state index contributed by atoms with van der Waals surface area (Å²) in [4.78, 5) is 73.9. The number of hydrogen-bond acceptors (Lipinski definition) is 8. The fourth-order valence-corrected chi connectivity index (χ4v) is 2.50. The quantitative estimate of drug-likeness (QED) is 0.0581. The fraction of sp³-hybridized carbons (Fsp3) is 0.588. The zero-order chi connectivity index (χ0) is 25.6. The van der Waals surface area contributed by atoms with Crippen LogP contribution in [0.15, 0.2) is 4.99 Å². The van der Waals surface area contributed by atoms with Gasteiger partial charge in [0.25, 0.3) is 0 Å². The Morgan fingerprint density at radius 2 is 1.36 bits per heavy atom. The van der Waals surface area contributed by atoms with Gasteiger partial charge in [-0.05, 0) is 19.3 Å². The minimum absolute atomic E-state index is 0.0509. The van der Waals surface area contributed by atoms with E-state index in [0.29, 0.717) is 0 Å². The second-order valence-electron chi connectivity index (χ2n) is 6.84. The summed E-state index contributed by atoms with van der Waals surface area (Å²) in [5.74, 6) is -6.61. The highest BCUT2D eigenvalue weighted by Gasteiger charge is 2.30. The Morgan fingerprint density at radius 1 is 0.818 bits per heavy atom. The van der Waals surface area contributed by atoms with Crippen molar-refractivity contribution < 1.29 is 39.0 Å². The third kappa shape index (κ3) is 13.1. The number of rotatable bonds is 16. The van der Waals surface area contributed by atoms with Gasteiger partial charge in [-0.3, -0.25) is 29.0 Å². The highest BCUT2D eigenvalue weighted by atomic mass is 16.4. The molecule has 16 nitrogen and oxygen atoms in total. The Bertz CT molecular complexity index is 768. The van der Waals surface area contributed by atoms with Gasteiger partial charge in [0.1, 0.15) is 18.1 Å². The van der Waals surface area contributed by atoms with Crippen LogP contribution < -0.4 is 38.9 Å². The van der Waals surface area contributed by atoms with Crippen molar-refractivity contribution in [1.82, 2.24) is 16.0 Å². The van der Waals surface area contributed by atoms with E-state index in [0.717, 1.165) is 0 Å². The van der Waals surface area contributed by atoms with Gasteiger partial charge in [-0.25, -0.2) is 4.79 Å². The van der Waals surface area contributed by atoms with E-state index in [1.165, 1.54) is 0 Å². The molecule has 0 aliphatic heterocycles. The highest BCUT2D eigenvalue weighted by Crippen LogP contribution is 2.04. The number of primary amides is 1. The number of guanidine groups is 1. The summed E-state index contributed by atoms with van der Waals surface area (Å²) in [6.45, 7) is -0.273. The average Bonchev–Trinajstić information content (AvgIpc) is 2.71. The zero-order valence-electron chi connectivity index (χ0n) is 17.8. The Kier molecular flexibility index (Phi) is 13.2. The summed E-state index contributed by atoms with van der Waals surface area (Å²) in [6.07, 6.45) is -1.26. The van der Waals surface area contributed by atoms with Crippen LogP contribution >= 0.6 is 0 Å². The number of aliphatic carboxylic acids is 2. The number of nitrogens with two attached hydrogens (primary N) is 4. The van der Waals surface area contributed by atoms with Crippen molar-refractivity contribution >= 4 is 41.5 Å². The second-order valence-corrected chi connectivity index (χ2v) is 6.84. The molecule has 3 atom stereocenters. The maximum Gasteiger partial charge on any atom is 0.326 e. The van der Waals surface area contributed by atoms with E-state index in [4.69, 9.17) is 33.1 Å². The predicted octanol–water partition coefficient (Wildman–Crippen LogP) is -4.72. The lowest BCUT2D eigenvalue weighted by Crippen LogP contribution is -2.56. The van der Waals surface area contributed by atoms with Crippen LogP contribution in [0.5, 0.6) is 0 Å². The first-order chi connectivity index (χ1) is 15.4. The first-order valence-corrected chi connectivity index (χ1v) is 9.75. The van der Waals surface area contributed by atoms with E-state index >= 15 is 0 Å². The summed E-state index contributed by atoms with van der Waals surface area (Å²) in [6, 6.07) is -4.39. The van der Waals surface area contributed by atoms with Crippen LogP contribution in [-0.2, 0) is 28.8 Å². The first-order valence-electron chi connectivity index (χ1n) is 9.75. The van der Waals surface area contributed by atoms with E-state index < -0.39 is 66.7 Å². The molecule has 0 heterocycles. The molecule has 0 bridgehead atoms. The van der Waals surface area contributed by atoms with Gasteiger partial charge in [-0.2, -0.15) is 0 Å². The number of nitrogens with one attached hydrogen (secondary N) is 3. The lowest BCUT2D eigenvalue weighted by Gasteiger charge is -2.24. The van der Waals surface area contributed by atoms with Crippen molar-refractivity contribution in [3.05, 3.63) is 0 Å². The molecule has 0 fully saturated rings. The summed E-state index contributed by atoms with van der Waals surface area (Å²) in [7, 11) is 0. The average molecular weight is 474 g/mol. The normalized spacial score (nSPS) is 13.0. The molecule has 0 saturated carbocycles. The topological polar surface area (TPSA) is 295 Å². The van der Waals surface area contributed by atoms with Gasteiger partial charge < -0.3 is 49.1 Å². The SMILES string of the molecule is NCC(=O)NC(CCCN=C(N)N)C(=O)NC(CCC(N)=O)C(=O)NC(CC(=O)O)C(=O)O. The molecule has 0 saturated heterocycles. The lowest BCUT2D eigenvalue weighted by atomic mass is 10.1. The van der Waals surface area contributed by atoms with E-state index in [1.54, 1.807) is 0 Å². The highest BCUT2D eigenvalue weighted by molar-refractivity contribution is 5.94. The summed E-state index contributed by atoms with van der Waals surface area (Å²) < 4.78 is 0. The van der Waals surface area contributed by atoms with Crippen LogP contribution in [0.3, 0.4) is 0 Å². The third-order valence-corrected chi connectivity index (χ3v) is 4.09. The number of amides is 4. The van der Waals surface area contributed by atoms with Gasteiger partial charge in [-0.15, -0.1) is 0 Å². The molecule has 0 radical (unpaired) electrons. The molecule has 0 spiro atoms. The van der Waals surface area contributed by atoms with E-state index in [9.17, 15) is 28.8 Å². The molecule has 0 aliphatic rings. The number of carbonyl (C=O) groups is 6. The molecule has 0 aromatic carbocycles. The second kappa shape index (κ2) is 15.0. The maximum absolute atomic E-state index is 12.7. The summed E-state index contributed by atoms with van der Waals surface area (Å²) in [5, 5.41) is 24.6. The van der Waals surface area contributed by atoms with Crippen molar-refractivity contribution in [3.8, 4) is 0 Å². The molecule has 0 rings (SSSR count). The van der Waals surface area contributed by atoms with E-state index in [1.807, 2.05) is 5.32 Å². The molecule has 186 valence electrons. The first kappa shape index (κ1) is 29.0. The molecule has 33 heavy (non-hydrogen) atoms. The maximum atomic E-state index is 12.7. The number of carboxylic acid groups (broad SMARTS) is 2. The van der Waals surface area contributed by atoms with Crippen LogP contribution in [0.2, 0.25) is 0 Å². The smallest absolute Gasteiger partial charge is 0.326 e. The van der Waals surface area contributed by atoms with E-state index in [2.05, 4.69) is 15.6 Å². The largest absolute Gasteiger partial charge is 0.481 e. The fourth-order valence-electron chi connectivity index (χ4n) is 2.50. The van der Waals surface area contributed by atoms with Crippen molar-refractivity contribution in [3.63, 3.8) is 0 Å². The van der Waals surface area contributed by atoms with E-state index in [-0.39, 0.29) is 38.2 Å². The molecular weight excluding hydrogens is 444 g/mol. The van der Waals surface area contributed by atoms with Crippen LogP contribution in [-0.4, -0.2) is 83.0 Å². The van der Waals surface area contributed by atoms with Crippen molar-refractivity contribution in [1.29, 1.82) is 0 Å². The number of aliphatic imine (C=N–C) groups is 1. The van der Waals surface area contributed by atoms with Crippen molar-refractivity contribution in [2.24, 2.45) is 27.9 Å². The summed E-state index contributed by atoms with van der Waals surface area (Å²) in [5.41, 5.74) is 20.8. The van der Waals surface area contributed by atoms with Crippen LogP contribution in [0.25, 0.3) is 0 Å². The predicted molar refractivity (Wildman–Crippen MR) is 113 cm³/mol. The Hall–Kier alpha value is -3.95. The Morgan fingerprint density at radius 3 is 1.82 bits per heavy atom. The number of nitrogens with zero attached hydrogens (tertiary/aromatic N) is 1. The monoisotopic (exact) mass is 474 g/mol. The van der Waals surface area contributed by atoms with Crippen LogP contribution in [0.1, 0.15) is 32.1 Å².